The lowest BCUT2D eigenvalue weighted by molar-refractivity contribution is 0.222. The zero-order chi connectivity index (χ0) is 7.33. The normalized spacial score (nSPS) is 12.1. The van der Waals surface area contributed by atoms with Crippen molar-refractivity contribution in [3.8, 4) is 0 Å². The Kier molecular flexibility index (Phi) is 2.99. The molecule has 7 heteroatoms. The number of aliphatic hydroxyl groups is 1. The first-order valence-electron chi connectivity index (χ1n) is 1.75. The number of hydrogen-bond donors (Lipinski definition) is 3. The molecule has 0 radical (unpaired) electrons. The van der Waals surface area contributed by atoms with Gasteiger partial charge in [0.15, 0.2) is 0 Å². The Labute approximate surface area is 51.6 Å². The summed E-state index contributed by atoms with van der Waals surface area (Å²) in [6.07, 6.45) is 0.855. The molecule has 0 aliphatic heterocycles. The van der Waals surface area contributed by atoms with E-state index in [1.54, 1.807) is 0 Å². The molecule has 0 aliphatic carbocycles. The van der Waals surface area contributed by atoms with Crippen LogP contribution in [0.3, 0.4) is 0 Å². The molecule has 0 aromatic rings. The molecule has 0 amide bonds. The van der Waals surface area contributed by atoms with Crippen molar-refractivity contribution in [2.75, 3.05) is 0 Å². The summed E-state index contributed by atoms with van der Waals surface area (Å²) in [6.45, 7) is 0. The molecule has 6 nitrogen and oxygen atoms in total. The molecule has 0 rings (SSSR count). The lowest BCUT2D eigenvalue weighted by Crippen LogP contribution is -2.19. The van der Waals surface area contributed by atoms with Crippen LogP contribution in [0.15, 0.2) is 12.5 Å². The topological polar surface area (TPSA) is 95.9 Å². The third-order valence-electron chi connectivity index (χ3n) is 0.355. The van der Waals surface area contributed by atoms with E-state index in [4.69, 9.17) is 10.3 Å². The highest BCUT2D eigenvalue weighted by atomic mass is 32.2. The maximum atomic E-state index is 10.0. The van der Waals surface area contributed by atoms with Gasteiger partial charge in [-0.05, 0) is 0 Å². The molecule has 0 atom stereocenters. The molecule has 0 unspecified atom stereocenters. The van der Waals surface area contributed by atoms with Crippen molar-refractivity contribution in [3.63, 3.8) is 0 Å². The quantitative estimate of drug-likeness (QED) is 0.368. The van der Waals surface area contributed by atoms with E-state index in [2.05, 4.69) is 4.18 Å². The Hall–Kier alpha value is -0.790. The van der Waals surface area contributed by atoms with E-state index in [9.17, 15) is 8.42 Å². The van der Waals surface area contributed by atoms with Gasteiger partial charge in [0.05, 0.1) is 0 Å². The van der Waals surface area contributed by atoms with Gasteiger partial charge in [-0.1, -0.05) is 4.89 Å². The van der Waals surface area contributed by atoms with E-state index in [1.165, 1.54) is 0 Å². The second-order valence-corrected chi connectivity index (χ2v) is 2.21. The first kappa shape index (κ1) is 8.21. The zero-order valence-corrected chi connectivity index (χ0v) is 5.00. The highest BCUT2D eigenvalue weighted by molar-refractivity contribution is 7.84. The summed E-state index contributed by atoms with van der Waals surface area (Å²) in [7, 11) is -4.12. The second-order valence-electron chi connectivity index (χ2n) is 0.927. The molecule has 0 aromatic carbocycles. The van der Waals surface area contributed by atoms with Crippen LogP contribution in [-0.4, -0.2) is 18.7 Å². The molecular formula is C2H5NO5S. The first-order chi connectivity index (χ1) is 4.12. The van der Waals surface area contributed by atoms with Gasteiger partial charge in [-0.3, -0.25) is 5.21 Å². The molecular weight excluding hydrogens is 150 g/mol. The largest absolute Gasteiger partial charge is 0.512 e. The van der Waals surface area contributed by atoms with Crippen molar-refractivity contribution < 1.29 is 22.9 Å². The van der Waals surface area contributed by atoms with Crippen molar-refractivity contribution >= 4 is 10.3 Å². The van der Waals surface area contributed by atoms with E-state index < -0.39 is 10.3 Å². The fourth-order valence-corrected chi connectivity index (χ4v) is 0.359. The average Bonchev–Trinajstić information content (AvgIpc) is 1.84. The summed E-state index contributed by atoms with van der Waals surface area (Å²) in [4.78, 5) is 0.864. The number of hydrogen-bond acceptors (Lipinski definition) is 5. The molecule has 9 heavy (non-hydrogen) atoms. The zero-order valence-electron chi connectivity index (χ0n) is 4.18. The van der Waals surface area contributed by atoms with Gasteiger partial charge in [0, 0.05) is 0 Å². The lowest BCUT2D eigenvalue weighted by Gasteiger charge is -1.95. The van der Waals surface area contributed by atoms with Gasteiger partial charge < -0.3 is 9.29 Å². The van der Waals surface area contributed by atoms with Crippen molar-refractivity contribution in [2.24, 2.45) is 0 Å². The number of aliphatic hydroxyl groups excluding tert-OH is 1. The Balaban J connectivity index is 3.90. The summed E-state index contributed by atoms with van der Waals surface area (Å²) in [6, 6.07) is 0. The summed E-state index contributed by atoms with van der Waals surface area (Å²) in [5.74, 6) is 0. The fourth-order valence-electron chi connectivity index (χ4n) is 0.120. The molecule has 0 saturated carbocycles. The maximum Gasteiger partial charge on any atom is 0.404 e. The molecule has 0 aromatic heterocycles. The van der Waals surface area contributed by atoms with Gasteiger partial charge in [-0.15, -0.1) is 0 Å². The lowest BCUT2D eigenvalue weighted by atomic mass is 11.1. The van der Waals surface area contributed by atoms with Gasteiger partial charge >= 0.3 is 10.3 Å². The van der Waals surface area contributed by atoms with Gasteiger partial charge in [-0.25, -0.2) is 0 Å². The Bertz CT molecular complexity index is 181. The summed E-state index contributed by atoms with van der Waals surface area (Å²) >= 11 is 0. The van der Waals surface area contributed by atoms with Gasteiger partial charge in [-0.2, -0.15) is 8.42 Å². The van der Waals surface area contributed by atoms with Crippen LogP contribution < -0.4 is 4.89 Å². The van der Waals surface area contributed by atoms with E-state index in [-0.39, 0.29) is 0 Å². The SMILES string of the molecule is O=S(=O)(NO)O/C=C\O. The number of rotatable bonds is 3. The monoisotopic (exact) mass is 155 g/mol. The predicted molar refractivity (Wildman–Crippen MR) is 26.7 cm³/mol. The van der Waals surface area contributed by atoms with Gasteiger partial charge in [0.1, 0.15) is 12.5 Å². The molecule has 0 saturated heterocycles. The highest BCUT2D eigenvalue weighted by Gasteiger charge is 2.03. The summed E-state index contributed by atoms with van der Waals surface area (Å²) < 4.78 is 23.7. The Morgan fingerprint density at radius 2 is 2.11 bits per heavy atom. The minimum absolute atomic E-state index is 0.370. The molecule has 0 bridgehead atoms. The second kappa shape index (κ2) is 3.28. The predicted octanol–water partition coefficient (Wildman–Crippen LogP) is -0.744. The van der Waals surface area contributed by atoms with Crippen molar-refractivity contribution in [2.45, 2.75) is 0 Å². The maximum absolute atomic E-state index is 10.0. The average molecular weight is 155 g/mol. The minimum atomic E-state index is -4.12. The first-order valence-corrected chi connectivity index (χ1v) is 3.16. The van der Waals surface area contributed by atoms with Crippen LogP contribution in [0, 0.1) is 0 Å². The van der Waals surface area contributed by atoms with Crippen LogP contribution in [0.2, 0.25) is 0 Å². The molecule has 0 aliphatic rings. The van der Waals surface area contributed by atoms with Crippen LogP contribution in [0.1, 0.15) is 0 Å². The highest BCUT2D eigenvalue weighted by Crippen LogP contribution is 1.84. The van der Waals surface area contributed by atoms with Crippen LogP contribution in [0.4, 0.5) is 0 Å². The smallest absolute Gasteiger partial charge is 0.404 e. The van der Waals surface area contributed by atoms with Gasteiger partial charge in [0.2, 0.25) is 0 Å². The van der Waals surface area contributed by atoms with Crippen molar-refractivity contribution in [1.82, 2.24) is 4.89 Å². The fraction of sp³-hybridized carbons (Fsp3) is 0. The van der Waals surface area contributed by atoms with Crippen LogP contribution in [0.25, 0.3) is 0 Å². The van der Waals surface area contributed by atoms with Crippen molar-refractivity contribution in [1.29, 1.82) is 0 Å². The summed E-state index contributed by atoms with van der Waals surface area (Å²) in [5.41, 5.74) is 0. The summed E-state index contributed by atoms with van der Waals surface area (Å²) in [5, 5.41) is 15.6. The third-order valence-corrected chi connectivity index (χ3v) is 0.943. The Morgan fingerprint density at radius 3 is 2.44 bits per heavy atom. The molecule has 0 fully saturated rings. The van der Waals surface area contributed by atoms with Crippen molar-refractivity contribution in [3.05, 3.63) is 12.5 Å². The van der Waals surface area contributed by atoms with Crippen LogP contribution in [0.5, 0.6) is 0 Å². The number of nitrogens with one attached hydrogen (secondary N) is 1. The van der Waals surface area contributed by atoms with E-state index in [0.29, 0.717) is 12.5 Å². The van der Waals surface area contributed by atoms with E-state index >= 15 is 0 Å². The molecule has 3 N–H and O–H groups in total. The minimum Gasteiger partial charge on any atom is -0.512 e. The van der Waals surface area contributed by atoms with Crippen LogP contribution >= 0.6 is 0 Å². The standard InChI is InChI=1S/C2H5NO5S/c4-1-2-8-9(6,7)3-5/h1-5H/b2-1-. The van der Waals surface area contributed by atoms with E-state index in [0.717, 1.165) is 4.89 Å². The molecule has 0 heterocycles. The van der Waals surface area contributed by atoms with Gasteiger partial charge in [0.25, 0.3) is 0 Å². The van der Waals surface area contributed by atoms with Crippen LogP contribution in [-0.2, 0) is 14.5 Å². The molecule has 0 spiro atoms. The molecule has 54 valence electrons. The van der Waals surface area contributed by atoms with E-state index in [1.807, 2.05) is 0 Å². The Morgan fingerprint density at radius 1 is 1.56 bits per heavy atom. The third kappa shape index (κ3) is 3.76.